The Morgan fingerprint density at radius 1 is 1.40 bits per heavy atom. The molecule has 5 nitrogen and oxygen atoms in total. The van der Waals surface area contributed by atoms with E-state index in [2.05, 4.69) is 22.2 Å². The quantitative estimate of drug-likeness (QED) is 0.855. The number of aromatic nitrogens is 3. The van der Waals surface area contributed by atoms with Gasteiger partial charge in [-0.15, -0.1) is 5.10 Å². The Balaban J connectivity index is 2.12. The van der Waals surface area contributed by atoms with Crippen LogP contribution in [0.5, 0.6) is 5.75 Å². The molecule has 2 rings (SSSR count). The van der Waals surface area contributed by atoms with E-state index in [0.717, 1.165) is 16.8 Å². The van der Waals surface area contributed by atoms with Gasteiger partial charge in [0, 0.05) is 13.5 Å². The maximum Gasteiger partial charge on any atom is 0.135 e. The normalized spacial score (nSPS) is 9.95. The van der Waals surface area contributed by atoms with Gasteiger partial charge in [0.1, 0.15) is 18.1 Å². The number of aliphatic hydroxyl groups excluding tert-OH is 1. The summed E-state index contributed by atoms with van der Waals surface area (Å²) in [5, 5.41) is 16.6. The maximum absolute atomic E-state index is 8.77. The Labute approximate surface area is 118 Å². The summed E-state index contributed by atoms with van der Waals surface area (Å²) in [5.74, 6) is 6.64. The van der Waals surface area contributed by atoms with Crippen LogP contribution in [-0.2, 0) is 13.7 Å². The number of hydrogen-bond acceptors (Lipinski definition) is 4. The summed E-state index contributed by atoms with van der Waals surface area (Å²) in [6.07, 6.45) is 2.27. The van der Waals surface area contributed by atoms with Crippen molar-refractivity contribution in [1.29, 1.82) is 0 Å². The van der Waals surface area contributed by atoms with E-state index in [4.69, 9.17) is 9.84 Å². The third kappa shape index (κ3) is 3.84. The van der Waals surface area contributed by atoms with E-state index in [1.54, 1.807) is 4.68 Å². The van der Waals surface area contributed by atoms with Crippen LogP contribution in [0.3, 0.4) is 0 Å². The second kappa shape index (κ2) is 6.73. The number of aryl methyl sites for hydroxylation is 2. The van der Waals surface area contributed by atoms with Crippen molar-refractivity contribution in [3.8, 4) is 17.6 Å². The lowest BCUT2D eigenvalue weighted by atomic mass is 10.1. The molecular weight excluding hydrogens is 254 g/mol. The lowest BCUT2D eigenvalue weighted by Gasteiger charge is -2.07. The lowest BCUT2D eigenvalue weighted by molar-refractivity contribution is 0.300. The first-order valence-electron chi connectivity index (χ1n) is 6.37. The molecule has 1 heterocycles. The molecule has 1 aromatic carbocycles. The van der Waals surface area contributed by atoms with E-state index >= 15 is 0 Å². The molecule has 104 valence electrons. The molecule has 1 aromatic heterocycles. The second-order valence-corrected chi connectivity index (χ2v) is 4.45. The molecule has 20 heavy (non-hydrogen) atoms. The third-order valence-electron chi connectivity index (χ3n) is 2.62. The van der Waals surface area contributed by atoms with Crippen molar-refractivity contribution in [1.82, 2.24) is 15.0 Å². The molecule has 0 spiro atoms. The first-order chi connectivity index (χ1) is 9.69. The fraction of sp³-hybridized carbons (Fsp3) is 0.333. The molecule has 0 atom stereocenters. The van der Waals surface area contributed by atoms with Gasteiger partial charge in [0.05, 0.1) is 18.4 Å². The van der Waals surface area contributed by atoms with Crippen molar-refractivity contribution in [2.75, 3.05) is 6.61 Å². The van der Waals surface area contributed by atoms with Crippen LogP contribution in [0.25, 0.3) is 0 Å². The SMILES string of the molecule is Cc1ccc(OCc2cn(C)nn2)c(C#CCCO)c1. The van der Waals surface area contributed by atoms with Crippen LogP contribution in [0, 0.1) is 18.8 Å². The van der Waals surface area contributed by atoms with Gasteiger partial charge in [0.25, 0.3) is 0 Å². The van der Waals surface area contributed by atoms with E-state index < -0.39 is 0 Å². The third-order valence-corrected chi connectivity index (χ3v) is 2.62. The van der Waals surface area contributed by atoms with E-state index in [-0.39, 0.29) is 6.61 Å². The summed E-state index contributed by atoms with van der Waals surface area (Å²) < 4.78 is 7.38. The average molecular weight is 271 g/mol. The van der Waals surface area contributed by atoms with Gasteiger partial charge in [-0.1, -0.05) is 23.1 Å². The molecule has 0 unspecified atom stereocenters. The van der Waals surface area contributed by atoms with Gasteiger partial charge in [0.2, 0.25) is 0 Å². The maximum atomic E-state index is 8.77. The zero-order chi connectivity index (χ0) is 14.4. The fourth-order valence-electron chi connectivity index (χ4n) is 1.69. The summed E-state index contributed by atoms with van der Waals surface area (Å²) in [4.78, 5) is 0. The van der Waals surface area contributed by atoms with Gasteiger partial charge in [-0.25, -0.2) is 0 Å². The highest BCUT2D eigenvalue weighted by atomic mass is 16.5. The standard InChI is InChI=1S/C15H17N3O2/c1-12-6-7-15(13(9-12)5-3-4-8-19)20-11-14-10-18(2)17-16-14/h6-7,9-10,19H,4,8,11H2,1-2H3. The summed E-state index contributed by atoms with van der Waals surface area (Å²) in [5.41, 5.74) is 2.70. The zero-order valence-corrected chi connectivity index (χ0v) is 11.6. The highest BCUT2D eigenvalue weighted by molar-refractivity contribution is 5.48. The van der Waals surface area contributed by atoms with Crippen molar-refractivity contribution in [2.24, 2.45) is 7.05 Å². The molecule has 0 aliphatic heterocycles. The van der Waals surface area contributed by atoms with Gasteiger partial charge in [-0.05, 0) is 24.6 Å². The monoisotopic (exact) mass is 271 g/mol. The first kappa shape index (κ1) is 14.1. The molecule has 1 N–H and O–H groups in total. The van der Waals surface area contributed by atoms with E-state index in [1.807, 2.05) is 38.4 Å². The van der Waals surface area contributed by atoms with Gasteiger partial charge in [-0.2, -0.15) is 0 Å². The molecule has 0 aliphatic rings. The highest BCUT2D eigenvalue weighted by Crippen LogP contribution is 2.20. The van der Waals surface area contributed by atoms with Crippen LogP contribution in [0.4, 0.5) is 0 Å². The summed E-state index contributed by atoms with van der Waals surface area (Å²) >= 11 is 0. The molecule has 0 saturated heterocycles. The number of ether oxygens (including phenoxy) is 1. The minimum atomic E-state index is 0.0641. The first-order valence-corrected chi connectivity index (χ1v) is 6.37. The largest absolute Gasteiger partial charge is 0.486 e. The Kier molecular flexibility index (Phi) is 4.75. The Hall–Kier alpha value is -2.32. The molecular formula is C15H17N3O2. The topological polar surface area (TPSA) is 60.2 Å². The van der Waals surface area contributed by atoms with Crippen LogP contribution >= 0.6 is 0 Å². The van der Waals surface area contributed by atoms with Gasteiger partial charge >= 0.3 is 0 Å². The van der Waals surface area contributed by atoms with Crippen molar-refractivity contribution >= 4 is 0 Å². The number of hydrogen-bond donors (Lipinski definition) is 1. The van der Waals surface area contributed by atoms with E-state index in [1.165, 1.54) is 0 Å². The van der Waals surface area contributed by atoms with Crippen molar-refractivity contribution in [3.63, 3.8) is 0 Å². The lowest BCUT2D eigenvalue weighted by Crippen LogP contribution is -1.98. The summed E-state index contributed by atoms with van der Waals surface area (Å²) in [7, 11) is 1.81. The van der Waals surface area contributed by atoms with Gasteiger partial charge in [-0.3, -0.25) is 4.68 Å². The fourth-order valence-corrected chi connectivity index (χ4v) is 1.69. The Morgan fingerprint density at radius 3 is 2.95 bits per heavy atom. The summed E-state index contributed by atoms with van der Waals surface area (Å²) in [6, 6.07) is 5.84. The molecule has 2 aromatic rings. The van der Waals surface area contributed by atoms with Crippen LogP contribution < -0.4 is 4.74 Å². The van der Waals surface area contributed by atoms with Crippen molar-refractivity contribution in [3.05, 3.63) is 41.2 Å². The van der Waals surface area contributed by atoms with Gasteiger partial charge in [0.15, 0.2) is 0 Å². The van der Waals surface area contributed by atoms with E-state index in [0.29, 0.717) is 18.8 Å². The second-order valence-electron chi connectivity index (χ2n) is 4.45. The average Bonchev–Trinajstić information content (AvgIpc) is 2.84. The highest BCUT2D eigenvalue weighted by Gasteiger charge is 2.04. The predicted molar refractivity (Wildman–Crippen MR) is 75.1 cm³/mol. The zero-order valence-electron chi connectivity index (χ0n) is 11.6. The molecule has 0 bridgehead atoms. The van der Waals surface area contributed by atoms with Crippen molar-refractivity contribution in [2.45, 2.75) is 20.0 Å². The predicted octanol–water partition coefficient (Wildman–Crippen LogP) is 1.44. The molecule has 0 fully saturated rings. The van der Waals surface area contributed by atoms with Crippen LogP contribution in [-0.4, -0.2) is 26.7 Å². The molecule has 0 aliphatic carbocycles. The number of rotatable bonds is 4. The molecule has 5 heteroatoms. The molecule has 0 amide bonds. The van der Waals surface area contributed by atoms with Crippen LogP contribution in [0.2, 0.25) is 0 Å². The smallest absolute Gasteiger partial charge is 0.135 e. The van der Waals surface area contributed by atoms with Crippen LogP contribution in [0.15, 0.2) is 24.4 Å². The van der Waals surface area contributed by atoms with Crippen LogP contribution in [0.1, 0.15) is 23.2 Å². The molecule has 0 saturated carbocycles. The Bertz CT molecular complexity index is 638. The minimum absolute atomic E-state index is 0.0641. The number of nitrogens with zero attached hydrogens (tertiary/aromatic N) is 3. The molecule has 0 radical (unpaired) electrons. The Morgan fingerprint density at radius 2 is 2.25 bits per heavy atom. The van der Waals surface area contributed by atoms with Gasteiger partial charge < -0.3 is 9.84 Å². The van der Waals surface area contributed by atoms with E-state index in [9.17, 15) is 0 Å². The summed E-state index contributed by atoms with van der Waals surface area (Å²) in [6.45, 7) is 2.42. The number of benzene rings is 1. The number of aliphatic hydroxyl groups is 1. The minimum Gasteiger partial charge on any atom is -0.486 e. The van der Waals surface area contributed by atoms with Crippen molar-refractivity contribution < 1.29 is 9.84 Å².